The van der Waals surface area contributed by atoms with Gasteiger partial charge in [0.05, 0.1) is 6.20 Å². The average molecular weight is 170 g/mol. The molecule has 5 nitrogen and oxygen atoms in total. The normalized spacial score (nSPS) is 10.6. The second-order valence-corrected chi connectivity index (χ2v) is 2.77. The standard InChI is InChI=1S/C7H10N2O3/c1-4(2)9-3-5(10)6(11)8-7(9)12/h3-4,10H,1-2H3,(H,8,11,12). The molecule has 0 fully saturated rings. The van der Waals surface area contributed by atoms with Gasteiger partial charge in [0, 0.05) is 6.04 Å². The van der Waals surface area contributed by atoms with Crippen molar-refractivity contribution >= 4 is 0 Å². The van der Waals surface area contributed by atoms with Gasteiger partial charge in [-0.15, -0.1) is 0 Å². The summed E-state index contributed by atoms with van der Waals surface area (Å²) in [6, 6.07) is -0.0831. The lowest BCUT2D eigenvalue weighted by molar-refractivity contribution is 0.443. The van der Waals surface area contributed by atoms with Crippen LogP contribution in [0.1, 0.15) is 19.9 Å². The molecule has 0 bridgehead atoms. The van der Waals surface area contributed by atoms with Crippen LogP contribution in [0.4, 0.5) is 0 Å². The predicted molar refractivity (Wildman–Crippen MR) is 43.4 cm³/mol. The van der Waals surface area contributed by atoms with Crippen molar-refractivity contribution in [2.24, 2.45) is 0 Å². The van der Waals surface area contributed by atoms with Gasteiger partial charge in [-0.25, -0.2) is 4.79 Å². The summed E-state index contributed by atoms with van der Waals surface area (Å²) in [6.07, 6.45) is 1.13. The van der Waals surface area contributed by atoms with Crippen molar-refractivity contribution in [1.82, 2.24) is 9.55 Å². The molecule has 1 rings (SSSR count). The van der Waals surface area contributed by atoms with Crippen LogP contribution < -0.4 is 11.2 Å². The molecule has 0 aromatic carbocycles. The third-order valence-electron chi connectivity index (χ3n) is 1.51. The topological polar surface area (TPSA) is 75.1 Å². The van der Waals surface area contributed by atoms with Gasteiger partial charge in [0.2, 0.25) is 0 Å². The van der Waals surface area contributed by atoms with Crippen molar-refractivity contribution in [1.29, 1.82) is 0 Å². The number of H-pyrrole nitrogens is 1. The van der Waals surface area contributed by atoms with Gasteiger partial charge in [0.25, 0.3) is 5.56 Å². The van der Waals surface area contributed by atoms with Crippen LogP contribution in [-0.2, 0) is 0 Å². The zero-order valence-electron chi connectivity index (χ0n) is 6.87. The lowest BCUT2D eigenvalue weighted by atomic mass is 10.4. The minimum absolute atomic E-state index is 0.0831. The molecular formula is C7H10N2O3. The van der Waals surface area contributed by atoms with Gasteiger partial charge in [-0.2, -0.15) is 0 Å². The van der Waals surface area contributed by atoms with E-state index in [1.165, 1.54) is 4.57 Å². The maximum Gasteiger partial charge on any atom is 0.328 e. The molecule has 0 atom stereocenters. The Labute approximate surface area is 68.3 Å². The van der Waals surface area contributed by atoms with Gasteiger partial charge < -0.3 is 5.11 Å². The molecule has 0 aliphatic carbocycles. The molecule has 1 heterocycles. The molecule has 66 valence electrons. The first-order valence-electron chi connectivity index (χ1n) is 3.57. The Kier molecular flexibility index (Phi) is 2.03. The van der Waals surface area contributed by atoms with Crippen LogP contribution in [0.5, 0.6) is 5.75 Å². The van der Waals surface area contributed by atoms with Crippen LogP contribution in [-0.4, -0.2) is 14.7 Å². The molecule has 0 aliphatic rings. The van der Waals surface area contributed by atoms with E-state index in [9.17, 15) is 9.59 Å². The van der Waals surface area contributed by atoms with Crippen molar-refractivity contribution in [3.8, 4) is 5.75 Å². The first-order chi connectivity index (χ1) is 5.52. The van der Waals surface area contributed by atoms with Crippen molar-refractivity contribution in [2.45, 2.75) is 19.9 Å². The number of rotatable bonds is 1. The number of aromatic nitrogens is 2. The molecule has 0 radical (unpaired) electrons. The molecule has 2 N–H and O–H groups in total. The minimum Gasteiger partial charge on any atom is -0.502 e. The molecule has 0 saturated carbocycles. The molecule has 1 aromatic heterocycles. The summed E-state index contributed by atoms with van der Waals surface area (Å²) in [7, 11) is 0. The lowest BCUT2D eigenvalue weighted by Crippen LogP contribution is -2.29. The summed E-state index contributed by atoms with van der Waals surface area (Å²) < 4.78 is 1.25. The Morgan fingerprint density at radius 1 is 1.50 bits per heavy atom. The van der Waals surface area contributed by atoms with E-state index < -0.39 is 17.0 Å². The van der Waals surface area contributed by atoms with Crippen molar-refractivity contribution in [3.63, 3.8) is 0 Å². The molecule has 1 aromatic rings. The van der Waals surface area contributed by atoms with Crippen LogP contribution in [0.15, 0.2) is 15.8 Å². The van der Waals surface area contributed by atoms with E-state index in [1.54, 1.807) is 13.8 Å². The Bertz CT molecular complexity index is 388. The maximum absolute atomic E-state index is 11.0. The van der Waals surface area contributed by atoms with Crippen molar-refractivity contribution in [2.75, 3.05) is 0 Å². The quantitative estimate of drug-likeness (QED) is 0.614. The van der Waals surface area contributed by atoms with E-state index in [-0.39, 0.29) is 6.04 Å². The molecule has 12 heavy (non-hydrogen) atoms. The van der Waals surface area contributed by atoms with Crippen molar-refractivity contribution < 1.29 is 5.11 Å². The van der Waals surface area contributed by atoms with E-state index in [2.05, 4.69) is 0 Å². The van der Waals surface area contributed by atoms with Gasteiger partial charge in [-0.05, 0) is 13.8 Å². The molecule has 0 spiro atoms. The van der Waals surface area contributed by atoms with Crippen molar-refractivity contribution in [3.05, 3.63) is 27.0 Å². The molecule has 0 saturated heterocycles. The maximum atomic E-state index is 11.0. The Morgan fingerprint density at radius 2 is 2.08 bits per heavy atom. The van der Waals surface area contributed by atoms with Crippen LogP contribution in [0.25, 0.3) is 0 Å². The summed E-state index contributed by atoms with van der Waals surface area (Å²) in [5, 5.41) is 8.97. The smallest absolute Gasteiger partial charge is 0.328 e. The number of hydrogen-bond acceptors (Lipinski definition) is 3. The third-order valence-corrected chi connectivity index (χ3v) is 1.51. The molecule has 0 amide bonds. The molecular weight excluding hydrogens is 160 g/mol. The van der Waals surface area contributed by atoms with Gasteiger partial charge in [0.1, 0.15) is 0 Å². The number of nitrogens with one attached hydrogen (secondary N) is 1. The highest BCUT2D eigenvalue weighted by atomic mass is 16.3. The summed E-state index contributed by atoms with van der Waals surface area (Å²) in [4.78, 5) is 23.7. The molecule has 0 aliphatic heterocycles. The largest absolute Gasteiger partial charge is 0.502 e. The van der Waals surface area contributed by atoms with E-state index in [0.717, 1.165) is 6.20 Å². The van der Waals surface area contributed by atoms with Gasteiger partial charge in [0.15, 0.2) is 5.75 Å². The molecule has 5 heteroatoms. The number of aromatic amines is 1. The fraction of sp³-hybridized carbons (Fsp3) is 0.429. The number of aromatic hydroxyl groups is 1. The second-order valence-electron chi connectivity index (χ2n) is 2.77. The summed E-state index contributed by atoms with van der Waals surface area (Å²) >= 11 is 0. The van der Waals surface area contributed by atoms with E-state index >= 15 is 0 Å². The van der Waals surface area contributed by atoms with Crippen LogP contribution in [0, 0.1) is 0 Å². The van der Waals surface area contributed by atoms with Gasteiger partial charge in [-0.3, -0.25) is 14.3 Å². The summed E-state index contributed by atoms with van der Waals surface area (Å²) in [5.41, 5.74) is -1.26. The first-order valence-corrected chi connectivity index (χ1v) is 3.57. The Balaban J connectivity index is 3.44. The van der Waals surface area contributed by atoms with E-state index in [4.69, 9.17) is 5.11 Å². The minimum atomic E-state index is -0.753. The van der Waals surface area contributed by atoms with E-state index in [0.29, 0.717) is 0 Å². The Hall–Kier alpha value is -1.52. The van der Waals surface area contributed by atoms with Crippen LogP contribution in [0.2, 0.25) is 0 Å². The second kappa shape index (κ2) is 2.84. The molecule has 0 unspecified atom stereocenters. The fourth-order valence-electron chi connectivity index (χ4n) is 0.858. The Morgan fingerprint density at radius 3 is 2.58 bits per heavy atom. The first kappa shape index (κ1) is 8.58. The number of nitrogens with zero attached hydrogens (tertiary/aromatic N) is 1. The fourth-order valence-corrected chi connectivity index (χ4v) is 0.858. The average Bonchev–Trinajstić information content (AvgIpc) is 1.96. The van der Waals surface area contributed by atoms with Crippen LogP contribution >= 0.6 is 0 Å². The summed E-state index contributed by atoms with van der Waals surface area (Å²) in [6.45, 7) is 3.55. The highest BCUT2D eigenvalue weighted by Gasteiger charge is 2.04. The highest BCUT2D eigenvalue weighted by molar-refractivity contribution is 5.09. The SMILES string of the molecule is CC(C)n1cc(O)c(=O)[nH]c1=O. The van der Waals surface area contributed by atoms with E-state index in [1.807, 2.05) is 4.98 Å². The van der Waals surface area contributed by atoms with Crippen LogP contribution in [0.3, 0.4) is 0 Å². The highest BCUT2D eigenvalue weighted by Crippen LogP contribution is 2.01. The van der Waals surface area contributed by atoms with Gasteiger partial charge in [-0.1, -0.05) is 0 Å². The predicted octanol–water partition coefficient (Wildman–Crippen LogP) is -0.177. The zero-order valence-corrected chi connectivity index (χ0v) is 6.87. The van der Waals surface area contributed by atoms with Gasteiger partial charge >= 0.3 is 5.69 Å². The number of hydrogen-bond donors (Lipinski definition) is 2. The third kappa shape index (κ3) is 1.39. The summed E-state index contributed by atoms with van der Waals surface area (Å²) in [5.74, 6) is -0.441. The lowest BCUT2D eigenvalue weighted by Gasteiger charge is -2.07. The zero-order chi connectivity index (χ0) is 9.30. The monoisotopic (exact) mass is 170 g/mol.